The molecule has 24 heavy (non-hydrogen) atoms. The quantitative estimate of drug-likeness (QED) is 0.541. The van der Waals surface area contributed by atoms with E-state index in [1.807, 2.05) is 12.1 Å². The van der Waals surface area contributed by atoms with Crippen LogP contribution in [-0.2, 0) is 6.54 Å². The first-order valence-electron chi connectivity index (χ1n) is 7.66. The molecule has 0 bridgehead atoms. The van der Waals surface area contributed by atoms with Crippen LogP contribution in [0, 0.1) is 6.92 Å². The van der Waals surface area contributed by atoms with Crippen LogP contribution in [0.3, 0.4) is 0 Å². The summed E-state index contributed by atoms with van der Waals surface area (Å²) in [6.45, 7) is 2.70. The van der Waals surface area contributed by atoms with Crippen LogP contribution < -0.4 is 5.32 Å². The Morgan fingerprint density at radius 1 is 1.00 bits per heavy atom. The van der Waals surface area contributed by atoms with Crippen LogP contribution in [0.2, 0.25) is 5.02 Å². The van der Waals surface area contributed by atoms with Gasteiger partial charge in [-0.25, -0.2) is 0 Å². The van der Waals surface area contributed by atoms with Gasteiger partial charge in [0.1, 0.15) is 5.75 Å². The summed E-state index contributed by atoms with van der Waals surface area (Å²) in [7, 11) is 0. The lowest BCUT2D eigenvalue weighted by atomic mass is 10.2. The highest BCUT2D eigenvalue weighted by Crippen LogP contribution is 2.32. The molecule has 2 nitrogen and oxygen atoms in total. The molecule has 2 N–H and O–H groups in total. The van der Waals surface area contributed by atoms with Crippen molar-refractivity contribution in [1.29, 1.82) is 0 Å². The maximum absolute atomic E-state index is 9.92. The van der Waals surface area contributed by atoms with Gasteiger partial charge in [0.05, 0.1) is 5.69 Å². The van der Waals surface area contributed by atoms with Gasteiger partial charge in [0.25, 0.3) is 0 Å². The first kappa shape index (κ1) is 16.7. The third kappa shape index (κ3) is 4.25. The number of rotatable bonds is 5. The Hall–Kier alpha value is -2.10. The maximum atomic E-state index is 9.92. The van der Waals surface area contributed by atoms with E-state index >= 15 is 0 Å². The predicted molar refractivity (Wildman–Crippen MR) is 102 cm³/mol. The van der Waals surface area contributed by atoms with E-state index in [0.717, 1.165) is 0 Å². The van der Waals surface area contributed by atoms with Gasteiger partial charge in [0, 0.05) is 21.4 Å². The summed E-state index contributed by atoms with van der Waals surface area (Å²) in [5.41, 5.74) is 3.06. The molecule has 0 unspecified atom stereocenters. The van der Waals surface area contributed by atoms with Crippen molar-refractivity contribution in [2.45, 2.75) is 23.3 Å². The summed E-state index contributed by atoms with van der Waals surface area (Å²) in [4.78, 5) is 2.40. The fourth-order valence-corrected chi connectivity index (χ4v) is 3.44. The molecular formula is C20H18ClNOS. The van der Waals surface area contributed by atoms with Crippen LogP contribution in [0.25, 0.3) is 0 Å². The van der Waals surface area contributed by atoms with E-state index in [1.54, 1.807) is 30.0 Å². The van der Waals surface area contributed by atoms with Crippen molar-refractivity contribution in [2.24, 2.45) is 0 Å². The van der Waals surface area contributed by atoms with Crippen LogP contribution in [0.4, 0.5) is 5.69 Å². The second kappa shape index (κ2) is 7.65. The zero-order valence-electron chi connectivity index (χ0n) is 13.3. The van der Waals surface area contributed by atoms with Crippen LogP contribution in [0.15, 0.2) is 76.5 Å². The smallest absolute Gasteiger partial charge is 0.138 e. The standard InChI is InChI=1S/C20H18ClNOS/c1-14-6-9-17(10-7-14)24-20-5-3-2-4-15(20)13-22-18-12-16(21)8-11-19(18)23/h2-12,22-23H,13H2,1H3. The Kier molecular flexibility index (Phi) is 5.34. The third-order valence-corrected chi connectivity index (χ3v) is 5.01. The lowest BCUT2D eigenvalue weighted by Crippen LogP contribution is -2.01. The van der Waals surface area contributed by atoms with E-state index in [-0.39, 0.29) is 5.75 Å². The molecule has 0 fully saturated rings. The van der Waals surface area contributed by atoms with Gasteiger partial charge >= 0.3 is 0 Å². The van der Waals surface area contributed by atoms with E-state index < -0.39 is 0 Å². The molecule has 0 aliphatic rings. The van der Waals surface area contributed by atoms with E-state index in [1.165, 1.54) is 20.9 Å². The number of phenolic OH excluding ortho intramolecular Hbond substituents is 1. The summed E-state index contributed by atoms with van der Waals surface area (Å²) in [6, 6.07) is 21.8. The molecule has 0 radical (unpaired) electrons. The van der Waals surface area contributed by atoms with Gasteiger partial charge in [0.15, 0.2) is 0 Å². The Labute approximate surface area is 151 Å². The number of aromatic hydroxyl groups is 1. The number of nitrogens with one attached hydrogen (secondary N) is 1. The molecule has 0 amide bonds. The Bertz CT molecular complexity index is 833. The van der Waals surface area contributed by atoms with Crippen LogP contribution in [-0.4, -0.2) is 5.11 Å². The summed E-state index contributed by atoms with van der Waals surface area (Å²) >= 11 is 7.73. The van der Waals surface area contributed by atoms with Crippen LogP contribution >= 0.6 is 23.4 Å². The lowest BCUT2D eigenvalue weighted by molar-refractivity contribution is 0.477. The molecule has 3 aromatic rings. The van der Waals surface area contributed by atoms with Crippen molar-refractivity contribution in [3.63, 3.8) is 0 Å². The van der Waals surface area contributed by atoms with Crippen molar-refractivity contribution < 1.29 is 5.11 Å². The van der Waals surface area contributed by atoms with E-state index in [4.69, 9.17) is 11.6 Å². The van der Waals surface area contributed by atoms with Crippen molar-refractivity contribution >= 4 is 29.1 Å². The number of hydrogen-bond donors (Lipinski definition) is 2. The lowest BCUT2D eigenvalue weighted by Gasteiger charge is -2.12. The minimum absolute atomic E-state index is 0.197. The maximum Gasteiger partial charge on any atom is 0.138 e. The second-order valence-corrected chi connectivity index (χ2v) is 7.09. The number of phenols is 1. The topological polar surface area (TPSA) is 32.3 Å². The number of benzene rings is 3. The first-order chi connectivity index (χ1) is 11.6. The third-order valence-electron chi connectivity index (χ3n) is 3.65. The normalized spacial score (nSPS) is 10.6. The van der Waals surface area contributed by atoms with E-state index in [2.05, 4.69) is 48.6 Å². The predicted octanol–water partition coefficient (Wildman–Crippen LogP) is 6.12. The summed E-state index contributed by atoms with van der Waals surface area (Å²) < 4.78 is 0. The highest BCUT2D eigenvalue weighted by molar-refractivity contribution is 7.99. The van der Waals surface area contributed by atoms with Crippen molar-refractivity contribution in [2.75, 3.05) is 5.32 Å². The van der Waals surface area contributed by atoms with Crippen LogP contribution in [0.1, 0.15) is 11.1 Å². The monoisotopic (exact) mass is 355 g/mol. The van der Waals surface area contributed by atoms with Crippen molar-refractivity contribution in [3.8, 4) is 5.75 Å². The molecule has 3 rings (SSSR count). The summed E-state index contributed by atoms with van der Waals surface area (Å²) in [6.07, 6.45) is 0. The van der Waals surface area contributed by atoms with Gasteiger partial charge in [-0.1, -0.05) is 59.3 Å². The summed E-state index contributed by atoms with van der Waals surface area (Å²) in [5.74, 6) is 0.197. The van der Waals surface area contributed by atoms with Crippen molar-refractivity contribution in [3.05, 3.63) is 82.9 Å². The second-order valence-electron chi connectivity index (χ2n) is 5.54. The molecule has 0 saturated carbocycles. The van der Waals surface area contributed by atoms with Crippen LogP contribution in [0.5, 0.6) is 5.75 Å². The molecule has 0 aromatic heterocycles. The Morgan fingerprint density at radius 2 is 1.75 bits per heavy atom. The number of aryl methyl sites for hydroxylation is 1. The molecule has 0 atom stereocenters. The van der Waals surface area contributed by atoms with Gasteiger partial charge in [-0.15, -0.1) is 0 Å². The number of hydrogen-bond acceptors (Lipinski definition) is 3. The Balaban J connectivity index is 1.76. The average Bonchev–Trinajstić information content (AvgIpc) is 2.59. The SMILES string of the molecule is Cc1ccc(Sc2ccccc2CNc2cc(Cl)ccc2O)cc1. The van der Waals surface area contributed by atoms with E-state index in [0.29, 0.717) is 17.3 Å². The van der Waals surface area contributed by atoms with Gasteiger partial charge in [0.2, 0.25) is 0 Å². The highest BCUT2D eigenvalue weighted by atomic mass is 35.5. The summed E-state index contributed by atoms with van der Waals surface area (Å²) in [5, 5.41) is 13.8. The number of anilines is 1. The zero-order valence-corrected chi connectivity index (χ0v) is 14.9. The van der Waals surface area contributed by atoms with E-state index in [9.17, 15) is 5.11 Å². The average molecular weight is 356 g/mol. The first-order valence-corrected chi connectivity index (χ1v) is 8.86. The Morgan fingerprint density at radius 3 is 2.54 bits per heavy atom. The molecule has 122 valence electrons. The van der Waals surface area contributed by atoms with Gasteiger partial charge in [-0.05, 0) is 48.9 Å². The molecule has 0 spiro atoms. The molecule has 0 saturated heterocycles. The van der Waals surface area contributed by atoms with Crippen molar-refractivity contribution in [1.82, 2.24) is 0 Å². The number of halogens is 1. The molecule has 0 aliphatic carbocycles. The molecule has 0 heterocycles. The largest absolute Gasteiger partial charge is 0.506 e. The fourth-order valence-electron chi connectivity index (χ4n) is 2.32. The van der Waals surface area contributed by atoms with Gasteiger partial charge in [-0.3, -0.25) is 0 Å². The highest BCUT2D eigenvalue weighted by Gasteiger charge is 2.06. The minimum atomic E-state index is 0.197. The molecular weight excluding hydrogens is 338 g/mol. The van der Waals surface area contributed by atoms with Gasteiger partial charge < -0.3 is 10.4 Å². The molecule has 3 aromatic carbocycles. The minimum Gasteiger partial charge on any atom is -0.506 e. The van der Waals surface area contributed by atoms with Gasteiger partial charge in [-0.2, -0.15) is 0 Å². The molecule has 4 heteroatoms. The fraction of sp³-hybridized carbons (Fsp3) is 0.100. The molecule has 0 aliphatic heterocycles. The zero-order chi connectivity index (χ0) is 16.9.